The quantitative estimate of drug-likeness (QED) is 0.848. The van der Waals surface area contributed by atoms with Crippen LogP contribution in [0.5, 0.6) is 0 Å². The number of nitrogens with zero attached hydrogens (tertiary/aromatic N) is 2. The van der Waals surface area contributed by atoms with E-state index in [4.69, 9.17) is 4.74 Å². The molecular weight excluding hydrogens is 312 g/mol. The van der Waals surface area contributed by atoms with Crippen LogP contribution >= 0.6 is 0 Å². The smallest absolute Gasteiger partial charge is 0.414 e. The molecule has 3 fully saturated rings. The minimum absolute atomic E-state index is 0.0250. The monoisotopic (exact) mass is 336 g/mol. The lowest BCUT2D eigenvalue weighted by Crippen LogP contribution is -2.53. The van der Waals surface area contributed by atoms with Crippen LogP contribution in [0.1, 0.15) is 18.4 Å². The first-order valence-electron chi connectivity index (χ1n) is 9.09. The highest BCUT2D eigenvalue weighted by atomic mass is 16.6. The van der Waals surface area contributed by atoms with Crippen LogP contribution in [-0.4, -0.2) is 36.7 Å². The summed E-state index contributed by atoms with van der Waals surface area (Å²) >= 11 is 0. The van der Waals surface area contributed by atoms with Crippen molar-refractivity contribution in [3.05, 3.63) is 66.2 Å². The van der Waals surface area contributed by atoms with E-state index >= 15 is 0 Å². The van der Waals surface area contributed by atoms with Crippen molar-refractivity contribution >= 4 is 11.8 Å². The van der Waals surface area contributed by atoms with Gasteiger partial charge in [-0.15, -0.1) is 0 Å². The summed E-state index contributed by atoms with van der Waals surface area (Å²) in [6.45, 7) is 3.69. The van der Waals surface area contributed by atoms with Gasteiger partial charge in [-0.05, 0) is 49.5 Å². The molecule has 0 aliphatic carbocycles. The summed E-state index contributed by atoms with van der Waals surface area (Å²) in [5.41, 5.74) is 1.97. The van der Waals surface area contributed by atoms with E-state index in [2.05, 4.69) is 4.90 Å². The Bertz CT molecular complexity index is 696. The first-order valence-corrected chi connectivity index (χ1v) is 9.09. The summed E-state index contributed by atoms with van der Waals surface area (Å²) in [5.74, 6) is 0.517. The minimum Gasteiger partial charge on any atom is -0.444 e. The van der Waals surface area contributed by atoms with Crippen molar-refractivity contribution in [3.8, 4) is 0 Å². The molecule has 2 aromatic rings. The van der Waals surface area contributed by atoms with Gasteiger partial charge in [0.05, 0.1) is 6.54 Å². The van der Waals surface area contributed by atoms with Gasteiger partial charge in [-0.3, -0.25) is 9.80 Å². The van der Waals surface area contributed by atoms with Gasteiger partial charge in [-0.1, -0.05) is 48.5 Å². The lowest BCUT2D eigenvalue weighted by molar-refractivity contribution is -0.0311. The standard InChI is InChI=1S/C21H24N2O2/c24-21(25-20-16-22-13-11-18(20)12-14-22)23(19-9-5-2-6-10-19)15-17-7-3-1-4-8-17/h1-10,18,20H,11-16H2. The Labute approximate surface area is 149 Å². The molecule has 4 heteroatoms. The maximum atomic E-state index is 13.0. The summed E-state index contributed by atoms with van der Waals surface area (Å²) in [6, 6.07) is 19.8. The van der Waals surface area contributed by atoms with Crippen molar-refractivity contribution in [3.63, 3.8) is 0 Å². The third kappa shape index (κ3) is 3.69. The van der Waals surface area contributed by atoms with Gasteiger partial charge in [0.25, 0.3) is 0 Å². The zero-order valence-electron chi connectivity index (χ0n) is 14.4. The van der Waals surface area contributed by atoms with Crippen LogP contribution in [0.2, 0.25) is 0 Å². The van der Waals surface area contributed by atoms with E-state index in [0.29, 0.717) is 12.5 Å². The van der Waals surface area contributed by atoms with E-state index in [-0.39, 0.29) is 12.2 Å². The number of para-hydroxylation sites is 1. The number of hydrogen-bond acceptors (Lipinski definition) is 3. The number of hydrogen-bond donors (Lipinski definition) is 0. The third-order valence-corrected chi connectivity index (χ3v) is 5.32. The molecule has 1 unspecified atom stereocenters. The van der Waals surface area contributed by atoms with Gasteiger partial charge in [0.15, 0.2) is 0 Å². The molecule has 3 aliphatic rings. The Morgan fingerprint density at radius 1 is 1.00 bits per heavy atom. The highest BCUT2D eigenvalue weighted by Gasteiger charge is 2.37. The summed E-state index contributed by atoms with van der Waals surface area (Å²) in [5, 5.41) is 0. The number of carbonyl (C=O) groups excluding carboxylic acids is 1. The molecule has 0 saturated carbocycles. The van der Waals surface area contributed by atoms with Crippen LogP contribution < -0.4 is 4.90 Å². The van der Waals surface area contributed by atoms with Crippen molar-refractivity contribution in [1.29, 1.82) is 0 Å². The van der Waals surface area contributed by atoms with E-state index in [1.165, 1.54) is 0 Å². The van der Waals surface area contributed by atoms with Gasteiger partial charge in [0.1, 0.15) is 6.10 Å². The fraction of sp³-hybridized carbons (Fsp3) is 0.381. The van der Waals surface area contributed by atoms with Crippen LogP contribution in [0, 0.1) is 5.92 Å². The van der Waals surface area contributed by atoms with Crippen molar-refractivity contribution in [2.24, 2.45) is 5.92 Å². The number of benzene rings is 2. The van der Waals surface area contributed by atoms with Crippen LogP contribution in [-0.2, 0) is 11.3 Å². The van der Waals surface area contributed by atoms with Gasteiger partial charge in [0.2, 0.25) is 0 Å². The van der Waals surface area contributed by atoms with Gasteiger partial charge < -0.3 is 4.74 Å². The van der Waals surface area contributed by atoms with Crippen molar-refractivity contribution in [1.82, 2.24) is 4.90 Å². The molecule has 130 valence electrons. The molecule has 0 spiro atoms. The molecular formula is C21H24N2O2. The summed E-state index contributed by atoms with van der Waals surface area (Å²) < 4.78 is 5.96. The lowest BCUT2D eigenvalue weighted by Gasteiger charge is -2.44. The van der Waals surface area contributed by atoms with Gasteiger partial charge in [-0.25, -0.2) is 4.79 Å². The molecule has 5 rings (SSSR count). The van der Waals surface area contributed by atoms with Crippen LogP contribution in [0.15, 0.2) is 60.7 Å². The molecule has 3 aliphatic heterocycles. The molecule has 0 radical (unpaired) electrons. The molecule has 2 aromatic carbocycles. The maximum absolute atomic E-state index is 13.0. The summed E-state index contributed by atoms with van der Waals surface area (Å²) in [4.78, 5) is 17.1. The lowest BCUT2D eigenvalue weighted by atomic mass is 9.86. The number of amides is 1. The first kappa shape index (κ1) is 16.2. The number of rotatable bonds is 4. The Balaban J connectivity index is 1.52. The van der Waals surface area contributed by atoms with Crippen LogP contribution in [0.25, 0.3) is 0 Å². The SMILES string of the molecule is O=C(OC1CN2CCC1CC2)N(Cc1ccccc1)c1ccccc1. The molecule has 1 amide bonds. The second kappa shape index (κ2) is 7.28. The fourth-order valence-electron chi connectivity index (χ4n) is 3.87. The van der Waals surface area contributed by atoms with E-state index < -0.39 is 0 Å². The van der Waals surface area contributed by atoms with E-state index in [1.54, 1.807) is 4.90 Å². The molecule has 0 aromatic heterocycles. The maximum Gasteiger partial charge on any atom is 0.414 e. The molecule has 2 bridgehead atoms. The van der Waals surface area contributed by atoms with Crippen molar-refractivity contribution in [2.75, 3.05) is 24.5 Å². The number of fused-ring (bicyclic) bond motifs is 3. The summed E-state index contributed by atoms with van der Waals surface area (Å²) in [7, 11) is 0. The largest absolute Gasteiger partial charge is 0.444 e. The molecule has 4 nitrogen and oxygen atoms in total. The highest BCUT2D eigenvalue weighted by Crippen LogP contribution is 2.30. The first-order chi connectivity index (χ1) is 12.3. The van der Waals surface area contributed by atoms with Gasteiger partial charge in [0, 0.05) is 12.2 Å². The molecule has 3 heterocycles. The van der Waals surface area contributed by atoms with Crippen molar-refractivity contribution < 1.29 is 9.53 Å². The van der Waals surface area contributed by atoms with E-state index in [9.17, 15) is 4.79 Å². The van der Waals surface area contributed by atoms with Gasteiger partial charge >= 0.3 is 6.09 Å². The van der Waals surface area contributed by atoms with Crippen molar-refractivity contribution in [2.45, 2.75) is 25.5 Å². The van der Waals surface area contributed by atoms with E-state index in [0.717, 1.165) is 43.7 Å². The Morgan fingerprint density at radius 2 is 1.64 bits per heavy atom. The Kier molecular flexibility index (Phi) is 4.70. The number of ether oxygens (including phenoxy) is 1. The fourth-order valence-corrected chi connectivity index (χ4v) is 3.87. The van der Waals surface area contributed by atoms with Crippen LogP contribution in [0.3, 0.4) is 0 Å². The number of anilines is 1. The topological polar surface area (TPSA) is 32.8 Å². The van der Waals surface area contributed by atoms with Crippen LogP contribution in [0.4, 0.5) is 10.5 Å². The molecule has 0 N–H and O–H groups in total. The predicted octanol–water partition coefficient (Wildman–Crippen LogP) is 3.92. The normalized spacial score (nSPS) is 24.7. The third-order valence-electron chi connectivity index (χ3n) is 5.32. The number of piperidine rings is 3. The second-order valence-corrected chi connectivity index (χ2v) is 6.97. The average Bonchev–Trinajstić information content (AvgIpc) is 2.68. The molecule has 3 saturated heterocycles. The summed E-state index contributed by atoms with van der Waals surface area (Å²) in [6.07, 6.45) is 2.06. The highest BCUT2D eigenvalue weighted by molar-refractivity contribution is 5.87. The molecule has 1 atom stereocenters. The zero-order chi connectivity index (χ0) is 17.1. The Hall–Kier alpha value is -2.33. The zero-order valence-corrected chi connectivity index (χ0v) is 14.4. The van der Waals surface area contributed by atoms with Gasteiger partial charge in [-0.2, -0.15) is 0 Å². The minimum atomic E-state index is -0.242. The second-order valence-electron chi connectivity index (χ2n) is 6.97. The van der Waals surface area contributed by atoms with E-state index in [1.807, 2.05) is 60.7 Å². The number of carbonyl (C=O) groups is 1. The predicted molar refractivity (Wildman–Crippen MR) is 98.5 cm³/mol. The Morgan fingerprint density at radius 3 is 2.24 bits per heavy atom. The average molecular weight is 336 g/mol. The molecule has 25 heavy (non-hydrogen) atoms.